The lowest BCUT2D eigenvalue weighted by Gasteiger charge is -2.19. The molecule has 2 aromatic carbocycles. The van der Waals surface area contributed by atoms with E-state index in [0.29, 0.717) is 18.1 Å². The molecule has 142 valence electrons. The molecule has 0 aliphatic heterocycles. The summed E-state index contributed by atoms with van der Waals surface area (Å²) < 4.78 is 27.5. The number of nitrogens with zero attached hydrogens (tertiary/aromatic N) is 2. The second kappa shape index (κ2) is 7.62. The van der Waals surface area contributed by atoms with Crippen LogP contribution in [0.3, 0.4) is 0 Å². The zero-order valence-corrected chi connectivity index (χ0v) is 16.5. The van der Waals surface area contributed by atoms with Crippen LogP contribution >= 0.6 is 0 Å². The largest absolute Gasteiger partial charge is 0.263 e. The second-order valence-electron chi connectivity index (χ2n) is 7.39. The lowest BCUT2D eigenvalue weighted by Crippen LogP contribution is -2.26. The molecule has 0 fully saturated rings. The maximum atomic E-state index is 12.5. The molecule has 1 aromatic heterocycles. The van der Waals surface area contributed by atoms with Crippen LogP contribution in [0.15, 0.2) is 59.5 Å². The smallest absolute Gasteiger partial charge is 0.240 e. The van der Waals surface area contributed by atoms with Gasteiger partial charge in [0.05, 0.1) is 4.90 Å². The van der Waals surface area contributed by atoms with E-state index < -0.39 is 10.0 Å². The monoisotopic (exact) mass is 384 g/mol. The maximum Gasteiger partial charge on any atom is 0.240 e. The Bertz CT molecular complexity index is 988. The van der Waals surface area contributed by atoms with Crippen molar-refractivity contribution in [2.75, 3.05) is 6.54 Å². The van der Waals surface area contributed by atoms with Gasteiger partial charge in [0.1, 0.15) is 5.82 Å². The van der Waals surface area contributed by atoms with Crippen molar-refractivity contribution in [2.45, 2.75) is 37.5 Å². The molecule has 7 heteroatoms. The average Bonchev–Trinajstić information content (AvgIpc) is 3.11. The molecule has 1 heterocycles. The number of nitrogens with one attached hydrogen (secondary N) is 2. The number of sulfonamides is 1. The van der Waals surface area contributed by atoms with Crippen LogP contribution in [-0.4, -0.2) is 30.1 Å². The van der Waals surface area contributed by atoms with Gasteiger partial charge in [-0.1, -0.05) is 63.2 Å². The van der Waals surface area contributed by atoms with E-state index in [0.717, 1.165) is 11.1 Å². The molecule has 27 heavy (non-hydrogen) atoms. The molecule has 6 nitrogen and oxygen atoms in total. The van der Waals surface area contributed by atoms with E-state index in [1.54, 1.807) is 12.1 Å². The molecule has 0 aliphatic rings. The fourth-order valence-electron chi connectivity index (χ4n) is 2.64. The van der Waals surface area contributed by atoms with Gasteiger partial charge >= 0.3 is 0 Å². The highest BCUT2D eigenvalue weighted by molar-refractivity contribution is 7.89. The number of hydrogen-bond acceptors (Lipinski definition) is 4. The van der Waals surface area contributed by atoms with E-state index in [1.165, 1.54) is 0 Å². The van der Waals surface area contributed by atoms with Crippen LogP contribution < -0.4 is 4.72 Å². The minimum Gasteiger partial charge on any atom is -0.263 e. The molecule has 0 bridgehead atoms. The molecular formula is C20H24N4O2S. The minimum absolute atomic E-state index is 0.0154. The fraction of sp³-hybridized carbons (Fsp3) is 0.300. The topological polar surface area (TPSA) is 87.7 Å². The van der Waals surface area contributed by atoms with Crippen molar-refractivity contribution in [3.05, 3.63) is 66.0 Å². The molecule has 2 N–H and O–H groups in total. The zero-order chi connectivity index (χ0) is 19.5. The Morgan fingerprint density at radius 2 is 1.67 bits per heavy atom. The first-order valence-electron chi connectivity index (χ1n) is 8.83. The third-order valence-electron chi connectivity index (χ3n) is 4.25. The molecule has 0 unspecified atom stereocenters. The van der Waals surface area contributed by atoms with Crippen molar-refractivity contribution in [2.24, 2.45) is 0 Å². The number of aromatic nitrogens is 3. The van der Waals surface area contributed by atoms with Crippen molar-refractivity contribution < 1.29 is 8.42 Å². The molecular weight excluding hydrogens is 360 g/mol. The van der Waals surface area contributed by atoms with Crippen molar-refractivity contribution in [1.82, 2.24) is 19.9 Å². The number of aromatic amines is 1. The van der Waals surface area contributed by atoms with Crippen LogP contribution in [0.1, 0.15) is 32.2 Å². The molecule has 0 saturated carbocycles. The van der Waals surface area contributed by atoms with Gasteiger partial charge in [-0.3, -0.25) is 5.10 Å². The van der Waals surface area contributed by atoms with Crippen LogP contribution in [0.5, 0.6) is 0 Å². The summed E-state index contributed by atoms with van der Waals surface area (Å²) in [5.74, 6) is 1.24. The SMILES string of the molecule is CC(C)(C)c1ccc(S(=O)(=O)NCCc2nc(-c3ccccc3)n[nH]2)cc1. The third kappa shape index (κ3) is 4.81. The average molecular weight is 385 g/mol. The molecule has 0 amide bonds. The quantitative estimate of drug-likeness (QED) is 0.683. The number of H-pyrrole nitrogens is 1. The van der Waals surface area contributed by atoms with Gasteiger partial charge in [-0.2, -0.15) is 5.10 Å². The summed E-state index contributed by atoms with van der Waals surface area (Å²) in [6.07, 6.45) is 0.430. The summed E-state index contributed by atoms with van der Waals surface area (Å²) in [4.78, 5) is 4.67. The van der Waals surface area contributed by atoms with E-state index in [2.05, 4.69) is 40.7 Å². The Balaban J connectivity index is 1.60. The lowest BCUT2D eigenvalue weighted by atomic mass is 9.87. The van der Waals surface area contributed by atoms with E-state index in [9.17, 15) is 8.42 Å². The zero-order valence-electron chi connectivity index (χ0n) is 15.7. The predicted octanol–water partition coefficient (Wildman–Crippen LogP) is 3.29. The first kappa shape index (κ1) is 19.3. The van der Waals surface area contributed by atoms with Crippen LogP contribution in [-0.2, 0) is 21.9 Å². The summed E-state index contributed by atoms with van der Waals surface area (Å²) in [6, 6.07) is 16.6. The van der Waals surface area contributed by atoms with E-state index in [4.69, 9.17) is 0 Å². The summed E-state index contributed by atoms with van der Waals surface area (Å²) in [7, 11) is -3.55. The van der Waals surface area contributed by atoms with Crippen LogP contribution in [0.4, 0.5) is 0 Å². The highest BCUT2D eigenvalue weighted by Crippen LogP contribution is 2.23. The standard InChI is InChI=1S/C20H24N4O2S/c1-20(2,3)16-9-11-17(12-10-16)27(25,26)21-14-13-18-22-19(24-23-18)15-7-5-4-6-8-15/h4-12,21H,13-14H2,1-3H3,(H,22,23,24). The fourth-order valence-corrected chi connectivity index (χ4v) is 3.68. The number of hydrogen-bond donors (Lipinski definition) is 2. The highest BCUT2D eigenvalue weighted by Gasteiger charge is 2.17. The summed E-state index contributed by atoms with van der Waals surface area (Å²) in [5, 5.41) is 7.04. The molecule has 0 atom stereocenters. The predicted molar refractivity (Wildman–Crippen MR) is 106 cm³/mol. The number of rotatable bonds is 6. The van der Waals surface area contributed by atoms with Crippen molar-refractivity contribution >= 4 is 10.0 Å². The van der Waals surface area contributed by atoms with Crippen molar-refractivity contribution in [1.29, 1.82) is 0 Å². The molecule has 0 radical (unpaired) electrons. The van der Waals surface area contributed by atoms with Crippen molar-refractivity contribution in [3.8, 4) is 11.4 Å². The van der Waals surface area contributed by atoms with Crippen LogP contribution in [0.2, 0.25) is 0 Å². The molecule has 0 spiro atoms. The Morgan fingerprint density at radius 3 is 2.30 bits per heavy atom. The maximum absolute atomic E-state index is 12.5. The summed E-state index contributed by atoms with van der Waals surface area (Å²) in [6.45, 7) is 6.52. The highest BCUT2D eigenvalue weighted by atomic mass is 32.2. The Hall–Kier alpha value is -2.51. The molecule has 3 aromatic rings. The van der Waals surface area contributed by atoms with E-state index in [1.807, 2.05) is 42.5 Å². The van der Waals surface area contributed by atoms with Gasteiger partial charge < -0.3 is 0 Å². The van der Waals surface area contributed by atoms with Gasteiger partial charge in [-0.15, -0.1) is 0 Å². The van der Waals surface area contributed by atoms with Crippen LogP contribution in [0.25, 0.3) is 11.4 Å². The second-order valence-corrected chi connectivity index (χ2v) is 9.16. The minimum atomic E-state index is -3.55. The Kier molecular flexibility index (Phi) is 5.43. The first-order valence-corrected chi connectivity index (χ1v) is 10.3. The van der Waals surface area contributed by atoms with Gasteiger partial charge in [-0.05, 0) is 23.1 Å². The molecule has 3 rings (SSSR count). The lowest BCUT2D eigenvalue weighted by molar-refractivity contribution is 0.578. The summed E-state index contributed by atoms with van der Waals surface area (Å²) in [5.41, 5.74) is 1.99. The van der Waals surface area contributed by atoms with Crippen LogP contribution in [0, 0.1) is 0 Å². The van der Waals surface area contributed by atoms with Gasteiger partial charge in [0.25, 0.3) is 0 Å². The Morgan fingerprint density at radius 1 is 1.00 bits per heavy atom. The van der Waals surface area contributed by atoms with Gasteiger partial charge in [0.15, 0.2) is 5.82 Å². The normalized spacial score (nSPS) is 12.3. The first-order chi connectivity index (χ1) is 12.8. The van der Waals surface area contributed by atoms with E-state index >= 15 is 0 Å². The Labute approximate surface area is 160 Å². The molecule has 0 saturated heterocycles. The number of benzene rings is 2. The third-order valence-corrected chi connectivity index (χ3v) is 5.73. The van der Waals surface area contributed by atoms with Crippen molar-refractivity contribution in [3.63, 3.8) is 0 Å². The van der Waals surface area contributed by atoms with Gasteiger partial charge in [-0.25, -0.2) is 18.1 Å². The van der Waals surface area contributed by atoms with E-state index in [-0.39, 0.29) is 16.9 Å². The molecule has 0 aliphatic carbocycles. The summed E-state index contributed by atoms with van der Waals surface area (Å²) >= 11 is 0. The van der Waals surface area contributed by atoms with Gasteiger partial charge in [0, 0.05) is 18.5 Å². The van der Waals surface area contributed by atoms with Gasteiger partial charge in [0.2, 0.25) is 10.0 Å².